The zero-order valence-electron chi connectivity index (χ0n) is 16.4. The highest BCUT2D eigenvalue weighted by molar-refractivity contribution is 7.89. The van der Waals surface area contributed by atoms with Crippen molar-refractivity contribution in [3.05, 3.63) is 58.0 Å². The molecule has 0 bridgehead atoms. The summed E-state index contributed by atoms with van der Waals surface area (Å²) in [5.74, 6) is 0.355. The second kappa shape index (κ2) is 6.60. The van der Waals surface area contributed by atoms with Crippen LogP contribution in [0.3, 0.4) is 0 Å². The first-order chi connectivity index (χ1) is 13.2. The standard InChI is InChI=1S/C21H23FN2O3S/c1-12-9-20(27-4)13(2)14(3)21(12)28(25,26)24-8-7-19-17(11-24)16-10-15(22)5-6-18(16)23-19/h5-6,9-10,23H,7-8,11H2,1-4H3. The number of aryl methyl sites for hydroxylation is 1. The molecule has 2 heterocycles. The summed E-state index contributed by atoms with van der Waals surface area (Å²) in [5, 5.41) is 0.745. The van der Waals surface area contributed by atoms with Gasteiger partial charge in [-0.15, -0.1) is 0 Å². The van der Waals surface area contributed by atoms with Crippen LogP contribution in [0.15, 0.2) is 29.2 Å². The van der Waals surface area contributed by atoms with Gasteiger partial charge in [-0.2, -0.15) is 4.31 Å². The smallest absolute Gasteiger partial charge is 0.243 e. The van der Waals surface area contributed by atoms with Crippen LogP contribution in [0.1, 0.15) is 27.9 Å². The molecular formula is C21H23FN2O3S. The minimum atomic E-state index is -3.70. The summed E-state index contributed by atoms with van der Waals surface area (Å²) in [6, 6.07) is 6.34. The average Bonchev–Trinajstić information content (AvgIpc) is 3.01. The highest BCUT2D eigenvalue weighted by Gasteiger charge is 2.33. The summed E-state index contributed by atoms with van der Waals surface area (Å²) in [6.45, 7) is 6.08. The van der Waals surface area contributed by atoms with Gasteiger partial charge in [0.05, 0.1) is 12.0 Å². The topological polar surface area (TPSA) is 62.4 Å². The number of ether oxygens (including phenoxy) is 1. The Morgan fingerprint density at radius 1 is 1.14 bits per heavy atom. The largest absolute Gasteiger partial charge is 0.496 e. The van der Waals surface area contributed by atoms with Crippen molar-refractivity contribution >= 4 is 20.9 Å². The van der Waals surface area contributed by atoms with Crippen LogP contribution in [0.4, 0.5) is 4.39 Å². The summed E-state index contributed by atoms with van der Waals surface area (Å²) < 4.78 is 47.6. The number of halogens is 1. The number of methoxy groups -OCH3 is 1. The van der Waals surface area contributed by atoms with Gasteiger partial charge in [-0.3, -0.25) is 0 Å². The van der Waals surface area contributed by atoms with Crippen molar-refractivity contribution in [2.45, 2.75) is 38.6 Å². The molecule has 0 aliphatic carbocycles. The fourth-order valence-corrected chi connectivity index (χ4v) is 6.02. The van der Waals surface area contributed by atoms with Crippen molar-refractivity contribution < 1.29 is 17.5 Å². The van der Waals surface area contributed by atoms with Crippen molar-refractivity contribution in [3.63, 3.8) is 0 Å². The Hall–Kier alpha value is -2.38. The van der Waals surface area contributed by atoms with E-state index in [9.17, 15) is 12.8 Å². The third kappa shape index (κ3) is 2.81. The van der Waals surface area contributed by atoms with Crippen molar-refractivity contribution in [3.8, 4) is 5.75 Å². The van der Waals surface area contributed by atoms with Gasteiger partial charge in [-0.25, -0.2) is 12.8 Å². The van der Waals surface area contributed by atoms with E-state index in [-0.39, 0.29) is 12.4 Å². The van der Waals surface area contributed by atoms with Gasteiger partial charge in [0.2, 0.25) is 10.0 Å². The van der Waals surface area contributed by atoms with E-state index in [0.717, 1.165) is 27.7 Å². The Labute approximate surface area is 164 Å². The third-order valence-corrected chi connectivity index (χ3v) is 7.83. The maximum absolute atomic E-state index is 13.7. The lowest BCUT2D eigenvalue weighted by atomic mass is 10.1. The quantitative estimate of drug-likeness (QED) is 0.721. The van der Waals surface area contributed by atoms with Gasteiger partial charge in [0.25, 0.3) is 0 Å². The van der Waals surface area contributed by atoms with Crippen molar-refractivity contribution in [1.29, 1.82) is 0 Å². The van der Waals surface area contributed by atoms with Crippen LogP contribution in [0.2, 0.25) is 0 Å². The zero-order valence-corrected chi connectivity index (χ0v) is 17.2. The van der Waals surface area contributed by atoms with Crippen LogP contribution in [0, 0.1) is 26.6 Å². The van der Waals surface area contributed by atoms with Crippen LogP contribution in [-0.4, -0.2) is 31.4 Å². The van der Waals surface area contributed by atoms with Crippen LogP contribution < -0.4 is 4.74 Å². The predicted octanol–water partition coefficient (Wildman–Crippen LogP) is 3.99. The number of fused-ring (bicyclic) bond motifs is 3. The monoisotopic (exact) mass is 402 g/mol. The molecule has 1 aliphatic heterocycles. The molecular weight excluding hydrogens is 379 g/mol. The predicted molar refractivity (Wildman–Crippen MR) is 107 cm³/mol. The van der Waals surface area contributed by atoms with Crippen molar-refractivity contribution in [2.24, 2.45) is 0 Å². The van der Waals surface area contributed by atoms with Gasteiger partial charge < -0.3 is 9.72 Å². The molecule has 4 rings (SSSR count). The second-order valence-electron chi connectivity index (χ2n) is 7.34. The molecule has 1 aliphatic rings. The van der Waals surface area contributed by atoms with Gasteiger partial charge in [0.15, 0.2) is 0 Å². The molecule has 1 aromatic heterocycles. The second-order valence-corrected chi connectivity index (χ2v) is 9.21. The molecule has 0 saturated carbocycles. The lowest BCUT2D eigenvalue weighted by Gasteiger charge is -2.28. The fraction of sp³-hybridized carbons (Fsp3) is 0.333. The van der Waals surface area contributed by atoms with E-state index in [2.05, 4.69) is 4.98 Å². The lowest BCUT2D eigenvalue weighted by Crippen LogP contribution is -2.36. The Bertz CT molecular complexity index is 1200. The number of aromatic nitrogens is 1. The summed E-state index contributed by atoms with van der Waals surface area (Å²) in [4.78, 5) is 3.63. The maximum atomic E-state index is 13.7. The summed E-state index contributed by atoms with van der Waals surface area (Å²) >= 11 is 0. The van der Waals surface area contributed by atoms with E-state index in [1.807, 2.05) is 13.8 Å². The summed E-state index contributed by atoms with van der Waals surface area (Å²) in [5.41, 5.74) is 4.84. The number of sulfonamides is 1. The Morgan fingerprint density at radius 2 is 1.89 bits per heavy atom. The van der Waals surface area contributed by atoms with Crippen LogP contribution in [0.25, 0.3) is 10.9 Å². The van der Waals surface area contributed by atoms with Gasteiger partial charge in [0.1, 0.15) is 11.6 Å². The first kappa shape index (κ1) is 19.0. The molecule has 0 spiro atoms. The van der Waals surface area contributed by atoms with Gasteiger partial charge in [-0.1, -0.05) is 0 Å². The van der Waals surface area contributed by atoms with E-state index in [1.54, 1.807) is 26.2 Å². The highest BCUT2D eigenvalue weighted by Crippen LogP contribution is 2.35. The minimum absolute atomic E-state index is 0.227. The third-order valence-electron chi connectivity index (χ3n) is 5.70. The van der Waals surface area contributed by atoms with E-state index >= 15 is 0 Å². The number of nitrogens with one attached hydrogen (secondary N) is 1. The Morgan fingerprint density at radius 3 is 2.61 bits per heavy atom. The molecule has 0 saturated heterocycles. The maximum Gasteiger partial charge on any atom is 0.243 e. The van der Waals surface area contributed by atoms with Crippen LogP contribution in [0.5, 0.6) is 5.75 Å². The SMILES string of the molecule is COc1cc(C)c(S(=O)(=O)N2CCc3[nH]c4ccc(F)cc4c3C2)c(C)c1C. The molecule has 7 heteroatoms. The fourth-order valence-electron chi connectivity index (χ4n) is 4.13. The molecule has 148 valence electrons. The average molecular weight is 402 g/mol. The molecule has 0 fully saturated rings. The number of hydrogen-bond acceptors (Lipinski definition) is 3. The zero-order chi connectivity index (χ0) is 20.2. The molecule has 1 N–H and O–H groups in total. The number of aromatic amines is 1. The molecule has 0 unspecified atom stereocenters. The van der Waals surface area contributed by atoms with E-state index < -0.39 is 10.0 Å². The van der Waals surface area contributed by atoms with Crippen LogP contribution >= 0.6 is 0 Å². The normalized spacial score (nSPS) is 15.0. The van der Waals surface area contributed by atoms with E-state index in [0.29, 0.717) is 34.7 Å². The first-order valence-corrected chi connectivity index (χ1v) is 10.6. The number of nitrogens with zero attached hydrogens (tertiary/aromatic N) is 1. The van der Waals surface area contributed by atoms with Crippen LogP contribution in [-0.2, 0) is 23.0 Å². The number of H-pyrrole nitrogens is 1. The number of hydrogen-bond donors (Lipinski definition) is 1. The van der Waals surface area contributed by atoms with Gasteiger partial charge in [0, 0.05) is 36.1 Å². The summed E-state index contributed by atoms with van der Waals surface area (Å²) in [6.07, 6.45) is 0.568. The van der Waals surface area contributed by atoms with Crippen molar-refractivity contribution in [2.75, 3.05) is 13.7 Å². The first-order valence-electron chi connectivity index (χ1n) is 9.18. The highest BCUT2D eigenvalue weighted by atomic mass is 32.2. The van der Waals surface area contributed by atoms with Gasteiger partial charge >= 0.3 is 0 Å². The van der Waals surface area contributed by atoms with E-state index in [1.165, 1.54) is 16.4 Å². The molecule has 3 aromatic rings. The molecule has 0 atom stereocenters. The number of benzene rings is 2. The van der Waals surface area contributed by atoms with E-state index in [4.69, 9.17) is 4.74 Å². The Kier molecular flexibility index (Phi) is 4.47. The Balaban J connectivity index is 1.80. The molecule has 5 nitrogen and oxygen atoms in total. The number of rotatable bonds is 3. The van der Waals surface area contributed by atoms with Gasteiger partial charge in [-0.05, 0) is 67.3 Å². The molecule has 0 amide bonds. The molecule has 0 radical (unpaired) electrons. The molecule has 2 aromatic carbocycles. The minimum Gasteiger partial charge on any atom is -0.496 e. The lowest BCUT2D eigenvalue weighted by molar-refractivity contribution is 0.389. The molecule has 28 heavy (non-hydrogen) atoms. The summed E-state index contributed by atoms with van der Waals surface area (Å²) in [7, 11) is -2.12. The van der Waals surface area contributed by atoms with Crippen molar-refractivity contribution in [1.82, 2.24) is 9.29 Å².